The molecule has 0 radical (unpaired) electrons. The fourth-order valence-electron chi connectivity index (χ4n) is 2.20. The molecule has 0 spiro atoms. The van der Waals surface area contributed by atoms with Gasteiger partial charge in [0, 0.05) is 6.54 Å². The van der Waals surface area contributed by atoms with Gasteiger partial charge in [0.15, 0.2) is 5.11 Å². The first-order chi connectivity index (χ1) is 11.6. The summed E-state index contributed by atoms with van der Waals surface area (Å²) in [5.41, 5.74) is 7.98. The molecular weight excluding hydrogens is 355 g/mol. The maximum Gasteiger partial charge on any atom is 0.416 e. The number of nitrogens with two attached hydrogens (primary N) is 1. The number of hydrogen-bond acceptors (Lipinski definition) is 3. The molecule has 2 aromatic rings. The van der Waals surface area contributed by atoms with E-state index in [0.29, 0.717) is 12.2 Å². The number of anilines is 1. The Labute approximate surface area is 147 Å². The average molecular weight is 371 g/mol. The van der Waals surface area contributed by atoms with Crippen molar-refractivity contribution in [1.29, 1.82) is 0 Å². The summed E-state index contributed by atoms with van der Waals surface area (Å²) in [5, 5.41) is 4.77. The molecule has 0 atom stereocenters. The van der Waals surface area contributed by atoms with Crippen molar-refractivity contribution in [2.45, 2.75) is 26.6 Å². The Balaban J connectivity index is 2.33. The summed E-state index contributed by atoms with van der Waals surface area (Å²) in [6, 6.07) is 5.89. The summed E-state index contributed by atoms with van der Waals surface area (Å²) < 4.78 is 40.1. The lowest BCUT2D eigenvalue weighted by Crippen LogP contribution is -2.49. The van der Waals surface area contributed by atoms with Crippen molar-refractivity contribution in [3.8, 4) is 0 Å². The summed E-state index contributed by atoms with van der Waals surface area (Å²) in [7, 11) is 0. The van der Waals surface area contributed by atoms with Crippen LogP contribution in [0.15, 0.2) is 30.3 Å². The third-order valence-electron chi connectivity index (χ3n) is 3.30. The molecule has 0 aliphatic heterocycles. The number of thiocarbonyl (C=S) groups is 1. The van der Waals surface area contributed by atoms with Gasteiger partial charge in [-0.2, -0.15) is 18.3 Å². The second-order valence-corrected chi connectivity index (χ2v) is 5.57. The highest BCUT2D eigenvalue weighted by molar-refractivity contribution is 7.80. The molecule has 1 aromatic heterocycles. The fraction of sp³-hybridized carbons (Fsp3) is 0.267. The zero-order chi connectivity index (χ0) is 18.8. The number of halogens is 3. The van der Waals surface area contributed by atoms with Crippen LogP contribution in [0.4, 0.5) is 18.9 Å². The zero-order valence-electron chi connectivity index (χ0n) is 13.5. The second-order valence-electron chi connectivity index (χ2n) is 5.15. The lowest BCUT2D eigenvalue weighted by atomic mass is 10.2. The molecule has 6 nitrogen and oxygen atoms in total. The summed E-state index contributed by atoms with van der Waals surface area (Å²) in [5.74, 6) is -0.590. The molecule has 10 heteroatoms. The number of rotatable bonds is 3. The van der Waals surface area contributed by atoms with Crippen molar-refractivity contribution in [2.24, 2.45) is 5.73 Å². The minimum atomic E-state index is -4.53. The predicted molar refractivity (Wildman–Crippen MR) is 90.8 cm³/mol. The Bertz CT molecular complexity index is 803. The number of nitrogens with one attached hydrogen (secondary N) is 1. The lowest BCUT2D eigenvalue weighted by molar-refractivity contribution is -0.137. The number of carbonyl (C=O) groups is 1. The predicted octanol–water partition coefficient (Wildman–Crippen LogP) is 2.63. The molecule has 1 heterocycles. The molecule has 0 aliphatic rings. The van der Waals surface area contributed by atoms with Crippen LogP contribution in [0.1, 0.15) is 28.7 Å². The number of benzene rings is 1. The number of hydrogen-bond donors (Lipinski definition) is 2. The van der Waals surface area contributed by atoms with Crippen LogP contribution in [0.3, 0.4) is 0 Å². The first-order valence-corrected chi connectivity index (χ1v) is 7.66. The molecular formula is C15H16F3N5OS. The number of carbonyl (C=O) groups excluding carboxylic acids is 1. The van der Waals surface area contributed by atoms with Crippen LogP contribution >= 0.6 is 12.2 Å². The topological polar surface area (TPSA) is 76.2 Å². The molecule has 3 N–H and O–H groups in total. The van der Waals surface area contributed by atoms with E-state index in [-0.39, 0.29) is 16.5 Å². The Kier molecular flexibility index (Phi) is 5.31. The highest BCUT2D eigenvalue weighted by Gasteiger charge is 2.31. The SMILES string of the molecule is CCn1nc(C)cc1C(=O)NN(C(N)=S)c1cccc(C(F)(F)F)c1. The van der Waals surface area contributed by atoms with E-state index in [1.54, 1.807) is 19.9 Å². The van der Waals surface area contributed by atoms with Crippen LogP contribution in [0.25, 0.3) is 0 Å². The van der Waals surface area contributed by atoms with Crippen LogP contribution in [-0.2, 0) is 12.7 Å². The van der Waals surface area contributed by atoms with Crippen LogP contribution in [0.2, 0.25) is 0 Å². The largest absolute Gasteiger partial charge is 0.416 e. The quantitative estimate of drug-likeness (QED) is 0.641. The van der Waals surface area contributed by atoms with Gasteiger partial charge in [-0.1, -0.05) is 6.07 Å². The molecule has 0 saturated heterocycles. The van der Waals surface area contributed by atoms with Crippen molar-refractivity contribution in [3.63, 3.8) is 0 Å². The van der Waals surface area contributed by atoms with Gasteiger partial charge >= 0.3 is 6.18 Å². The molecule has 0 aliphatic carbocycles. The molecule has 2 rings (SSSR count). The minimum Gasteiger partial charge on any atom is -0.374 e. The monoisotopic (exact) mass is 371 g/mol. The molecule has 0 fully saturated rings. The second kappa shape index (κ2) is 7.09. The molecule has 0 bridgehead atoms. The van der Waals surface area contributed by atoms with Gasteiger partial charge in [0.2, 0.25) is 0 Å². The van der Waals surface area contributed by atoms with E-state index in [9.17, 15) is 18.0 Å². The summed E-state index contributed by atoms with van der Waals surface area (Å²) in [4.78, 5) is 12.5. The van der Waals surface area contributed by atoms with Crippen molar-refractivity contribution >= 4 is 28.9 Å². The van der Waals surface area contributed by atoms with E-state index in [0.717, 1.165) is 17.1 Å². The number of amides is 1. The van der Waals surface area contributed by atoms with E-state index in [4.69, 9.17) is 18.0 Å². The van der Waals surface area contributed by atoms with Crippen molar-refractivity contribution in [3.05, 3.63) is 47.3 Å². The Morgan fingerprint density at radius 1 is 1.40 bits per heavy atom. The average Bonchev–Trinajstić information content (AvgIpc) is 2.92. The van der Waals surface area contributed by atoms with Gasteiger partial charge in [0.05, 0.1) is 16.9 Å². The van der Waals surface area contributed by atoms with E-state index in [2.05, 4.69) is 10.5 Å². The van der Waals surface area contributed by atoms with E-state index < -0.39 is 17.6 Å². The van der Waals surface area contributed by atoms with Gasteiger partial charge < -0.3 is 5.73 Å². The number of aromatic nitrogens is 2. The number of aryl methyl sites for hydroxylation is 2. The fourth-order valence-corrected chi connectivity index (χ4v) is 2.35. The maximum atomic E-state index is 12.9. The molecule has 0 unspecified atom stereocenters. The third kappa shape index (κ3) is 4.27. The van der Waals surface area contributed by atoms with E-state index in [1.165, 1.54) is 16.8 Å². The standard InChI is InChI=1S/C15H16F3N5OS/c1-3-22-12(7-9(2)20-22)13(24)21-23(14(19)25)11-6-4-5-10(8-11)15(16,17)18/h4-8H,3H2,1-2H3,(H2,19,25)(H,21,24). The van der Waals surface area contributed by atoms with Gasteiger partial charge in [0.25, 0.3) is 5.91 Å². The van der Waals surface area contributed by atoms with Crippen LogP contribution in [0, 0.1) is 6.92 Å². The van der Waals surface area contributed by atoms with Crippen molar-refractivity contribution < 1.29 is 18.0 Å². The van der Waals surface area contributed by atoms with E-state index in [1.807, 2.05) is 0 Å². The third-order valence-corrected chi connectivity index (χ3v) is 3.48. The normalized spacial score (nSPS) is 11.2. The lowest BCUT2D eigenvalue weighted by Gasteiger charge is -2.24. The minimum absolute atomic E-state index is 0.00467. The highest BCUT2D eigenvalue weighted by Crippen LogP contribution is 2.31. The molecule has 1 aromatic carbocycles. The maximum absolute atomic E-state index is 12.9. The van der Waals surface area contributed by atoms with Gasteiger partial charge in [0.1, 0.15) is 5.69 Å². The first-order valence-electron chi connectivity index (χ1n) is 7.25. The van der Waals surface area contributed by atoms with Gasteiger partial charge in [-0.25, -0.2) is 5.01 Å². The van der Waals surface area contributed by atoms with Gasteiger partial charge in [-0.05, 0) is 50.3 Å². The number of alkyl halides is 3. The molecule has 1 amide bonds. The van der Waals surface area contributed by atoms with Crippen LogP contribution < -0.4 is 16.2 Å². The summed E-state index contributed by atoms with van der Waals surface area (Å²) in [6.07, 6.45) is -4.53. The number of hydrazine groups is 1. The van der Waals surface area contributed by atoms with Crippen molar-refractivity contribution in [1.82, 2.24) is 15.2 Å². The Hall–Kier alpha value is -2.62. The molecule has 0 saturated carbocycles. The summed E-state index contributed by atoms with van der Waals surface area (Å²) in [6.45, 7) is 3.98. The van der Waals surface area contributed by atoms with Crippen LogP contribution in [0.5, 0.6) is 0 Å². The first kappa shape index (κ1) is 18.7. The Morgan fingerprint density at radius 3 is 2.64 bits per heavy atom. The number of nitrogens with zero attached hydrogens (tertiary/aromatic N) is 3. The Morgan fingerprint density at radius 2 is 2.08 bits per heavy atom. The summed E-state index contributed by atoms with van der Waals surface area (Å²) >= 11 is 4.86. The van der Waals surface area contributed by atoms with Gasteiger partial charge in [-0.3, -0.25) is 14.9 Å². The highest BCUT2D eigenvalue weighted by atomic mass is 32.1. The van der Waals surface area contributed by atoms with Crippen LogP contribution in [-0.4, -0.2) is 20.8 Å². The van der Waals surface area contributed by atoms with Crippen molar-refractivity contribution in [2.75, 3.05) is 5.01 Å². The molecule has 134 valence electrons. The smallest absolute Gasteiger partial charge is 0.374 e. The van der Waals surface area contributed by atoms with Gasteiger partial charge in [-0.15, -0.1) is 0 Å². The van der Waals surface area contributed by atoms with E-state index >= 15 is 0 Å². The zero-order valence-corrected chi connectivity index (χ0v) is 14.3. The molecule has 25 heavy (non-hydrogen) atoms.